The highest BCUT2D eigenvalue weighted by Gasteiger charge is 2.51. The normalized spacial score (nSPS) is 17.3. The predicted molar refractivity (Wildman–Crippen MR) is 225 cm³/mol. The van der Waals surface area contributed by atoms with E-state index in [4.69, 9.17) is 0 Å². The van der Waals surface area contributed by atoms with Crippen molar-refractivity contribution in [3.05, 3.63) is 173 Å². The van der Waals surface area contributed by atoms with Crippen molar-refractivity contribution >= 4 is 27.8 Å². The first-order valence-corrected chi connectivity index (χ1v) is 19.3. The van der Waals surface area contributed by atoms with Gasteiger partial charge in [-0.2, -0.15) is 0 Å². The first kappa shape index (κ1) is 32.3. The molecule has 10 rings (SSSR count). The smallest absolute Gasteiger partial charge is 0.0465 e. The summed E-state index contributed by atoms with van der Waals surface area (Å²) in [5.41, 5.74) is 20.0. The second kappa shape index (κ2) is 10.6. The quantitative estimate of drug-likeness (QED) is 0.179. The zero-order chi connectivity index (χ0) is 36.7. The van der Waals surface area contributed by atoms with E-state index in [1.54, 1.807) is 0 Å². The van der Waals surface area contributed by atoms with Crippen molar-refractivity contribution < 1.29 is 0 Å². The molecule has 0 bridgehead atoms. The van der Waals surface area contributed by atoms with E-state index in [-0.39, 0.29) is 21.7 Å². The van der Waals surface area contributed by atoms with Gasteiger partial charge in [-0.1, -0.05) is 159 Å². The lowest BCUT2D eigenvalue weighted by Gasteiger charge is -2.50. The number of hydrogen-bond acceptors (Lipinski definition) is 1. The number of hydrogen-bond donors (Lipinski definition) is 0. The molecule has 0 atom stereocenters. The fourth-order valence-corrected chi connectivity index (χ4v) is 10.5. The van der Waals surface area contributed by atoms with Gasteiger partial charge < -0.3 is 4.90 Å². The first-order valence-electron chi connectivity index (χ1n) is 19.3. The van der Waals surface area contributed by atoms with Gasteiger partial charge in [0.2, 0.25) is 0 Å². The minimum atomic E-state index is -0.203. The molecule has 0 fully saturated rings. The molecule has 7 aromatic carbocycles. The highest BCUT2D eigenvalue weighted by Crippen LogP contribution is 2.62. The summed E-state index contributed by atoms with van der Waals surface area (Å²) in [6, 6.07) is 52.7. The summed E-state index contributed by atoms with van der Waals surface area (Å²) in [6.07, 6.45) is 0. The van der Waals surface area contributed by atoms with Crippen molar-refractivity contribution in [2.45, 2.75) is 77.0 Å². The Kier molecular flexibility index (Phi) is 6.45. The third-order valence-electron chi connectivity index (χ3n) is 14.0. The minimum Gasteiger partial charge on any atom is -0.310 e. The molecule has 0 saturated carbocycles. The van der Waals surface area contributed by atoms with E-state index in [0.717, 1.165) is 5.69 Å². The highest BCUT2D eigenvalue weighted by molar-refractivity contribution is 6.03. The van der Waals surface area contributed by atoms with Gasteiger partial charge >= 0.3 is 0 Å². The summed E-state index contributed by atoms with van der Waals surface area (Å²) in [7, 11) is 0. The van der Waals surface area contributed by atoms with E-state index in [1.165, 1.54) is 88.9 Å². The number of fused-ring (bicyclic) bond motifs is 12. The van der Waals surface area contributed by atoms with Crippen LogP contribution < -0.4 is 4.90 Å². The van der Waals surface area contributed by atoms with Gasteiger partial charge in [0.1, 0.15) is 0 Å². The molecule has 0 saturated heterocycles. The molecule has 0 spiro atoms. The van der Waals surface area contributed by atoms with E-state index in [1.807, 2.05) is 0 Å². The summed E-state index contributed by atoms with van der Waals surface area (Å²) in [6.45, 7) is 19.6. The molecule has 7 aromatic rings. The molecule has 3 aliphatic carbocycles. The van der Waals surface area contributed by atoms with Crippen LogP contribution in [-0.4, -0.2) is 0 Å². The van der Waals surface area contributed by atoms with Gasteiger partial charge in [-0.25, -0.2) is 0 Å². The van der Waals surface area contributed by atoms with Crippen LogP contribution in [-0.2, 0) is 21.7 Å². The van der Waals surface area contributed by atoms with Crippen molar-refractivity contribution in [1.82, 2.24) is 0 Å². The Bertz CT molecular complexity index is 2670. The molecule has 0 heterocycles. The van der Waals surface area contributed by atoms with E-state index in [9.17, 15) is 0 Å². The van der Waals surface area contributed by atoms with Gasteiger partial charge in [-0.15, -0.1) is 0 Å². The van der Waals surface area contributed by atoms with Crippen molar-refractivity contribution in [2.75, 3.05) is 4.90 Å². The van der Waals surface area contributed by atoms with Crippen LogP contribution in [0.5, 0.6) is 0 Å². The van der Waals surface area contributed by atoms with Crippen LogP contribution in [0.25, 0.3) is 44.2 Å². The lowest BCUT2D eigenvalue weighted by atomic mass is 9.53. The molecule has 53 heavy (non-hydrogen) atoms. The fourth-order valence-electron chi connectivity index (χ4n) is 10.5. The second-order valence-electron chi connectivity index (χ2n) is 17.8. The average Bonchev–Trinajstić information content (AvgIpc) is 3.53. The van der Waals surface area contributed by atoms with Crippen molar-refractivity contribution in [3.63, 3.8) is 0 Å². The van der Waals surface area contributed by atoms with Crippen LogP contribution in [0.2, 0.25) is 0 Å². The Labute approximate surface area is 315 Å². The Morgan fingerprint density at radius 3 is 1.66 bits per heavy atom. The lowest BCUT2D eigenvalue weighted by Crippen LogP contribution is -2.45. The van der Waals surface area contributed by atoms with Crippen molar-refractivity contribution in [3.8, 4) is 33.4 Å². The van der Waals surface area contributed by atoms with Crippen LogP contribution in [0.1, 0.15) is 88.8 Å². The third-order valence-corrected chi connectivity index (χ3v) is 14.0. The molecule has 260 valence electrons. The molecule has 1 heteroatoms. The van der Waals surface area contributed by atoms with E-state index in [2.05, 4.69) is 200 Å². The summed E-state index contributed by atoms with van der Waals surface area (Å²) < 4.78 is 0. The molecule has 1 nitrogen and oxygen atoms in total. The van der Waals surface area contributed by atoms with Crippen LogP contribution >= 0.6 is 0 Å². The Morgan fingerprint density at radius 2 is 0.925 bits per heavy atom. The van der Waals surface area contributed by atoms with Gasteiger partial charge in [0.25, 0.3) is 0 Å². The second-order valence-corrected chi connectivity index (χ2v) is 17.8. The van der Waals surface area contributed by atoms with Gasteiger partial charge in [0, 0.05) is 27.9 Å². The third kappa shape index (κ3) is 4.14. The standard InChI is InChI=1S/C52H47N/c1-49(2)42-21-15-14-20-37(42)38-25-23-34(30-44(38)49)53(33-17-10-9-11-18-33)35-24-26-39-40-27-28-41-46-36-19-13-12-16-32(36)22-29-43(46)51(5,6)52(7,8)48(41)47(40)50(3,4)45(39)31-35/h9-31H,1-8H3. The molecule has 0 radical (unpaired) electrons. The molecule has 3 aliphatic rings. The molecular formula is C52H47N. The number of rotatable bonds is 3. The number of benzene rings is 7. The van der Waals surface area contributed by atoms with Gasteiger partial charge in [0.05, 0.1) is 0 Å². The number of anilines is 3. The average molecular weight is 686 g/mol. The Hall–Kier alpha value is -5.40. The maximum Gasteiger partial charge on any atom is 0.0465 e. The van der Waals surface area contributed by atoms with Gasteiger partial charge in [-0.05, 0) is 125 Å². The summed E-state index contributed by atoms with van der Waals surface area (Å²) in [5, 5.41) is 2.66. The molecule has 0 amide bonds. The largest absolute Gasteiger partial charge is 0.310 e. The summed E-state index contributed by atoms with van der Waals surface area (Å²) in [5.74, 6) is 0. The van der Waals surface area contributed by atoms with Crippen molar-refractivity contribution in [1.29, 1.82) is 0 Å². The Balaban J connectivity index is 1.17. The van der Waals surface area contributed by atoms with E-state index >= 15 is 0 Å². The minimum absolute atomic E-state index is 0.0738. The zero-order valence-electron chi connectivity index (χ0n) is 32.2. The van der Waals surface area contributed by atoms with Gasteiger partial charge in [-0.3, -0.25) is 0 Å². The van der Waals surface area contributed by atoms with Crippen molar-refractivity contribution in [2.24, 2.45) is 0 Å². The van der Waals surface area contributed by atoms with Gasteiger partial charge in [0.15, 0.2) is 0 Å². The Morgan fingerprint density at radius 1 is 0.358 bits per heavy atom. The molecule has 0 N–H and O–H groups in total. The highest BCUT2D eigenvalue weighted by atomic mass is 15.1. The monoisotopic (exact) mass is 685 g/mol. The number of para-hydroxylation sites is 1. The summed E-state index contributed by atoms with van der Waals surface area (Å²) in [4.78, 5) is 2.46. The van der Waals surface area contributed by atoms with E-state index in [0.29, 0.717) is 0 Å². The predicted octanol–water partition coefficient (Wildman–Crippen LogP) is 14.2. The lowest BCUT2D eigenvalue weighted by molar-refractivity contribution is 0.295. The molecular weight excluding hydrogens is 639 g/mol. The maximum atomic E-state index is 2.49. The van der Waals surface area contributed by atoms with Crippen LogP contribution in [0.15, 0.2) is 140 Å². The fraction of sp³-hybridized carbons (Fsp3) is 0.231. The SMILES string of the molecule is CC1(C)c2ccccc2-c2ccc(N(c3ccccc3)c3ccc4c(c3)C(C)(C)c3c-4ccc4c3C(C)(C)C(C)(C)c3ccc5ccccc5c3-4)cc21. The number of nitrogens with zero attached hydrogens (tertiary/aromatic N) is 1. The topological polar surface area (TPSA) is 3.24 Å². The summed E-state index contributed by atoms with van der Waals surface area (Å²) >= 11 is 0. The zero-order valence-corrected chi connectivity index (χ0v) is 32.2. The molecule has 0 aliphatic heterocycles. The van der Waals surface area contributed by atoms with Crippen LogP contribution in [0, 0.1) is 0 Å². The van der Waals surface area contributed by atoms with E-state index < -0.39 is 0 Å². The van der Waals surface area contributed by atoms with Crippen LogP contribution in [0.3, 0.4) is 0 Å². The molecule has 0 unspecified atom stereocenters. The maximum absolute atomic E-state index is 2.49. The molecule has 0 aromatic heterocycles. The first-order chi connectivity index (χ1) is 25.3. The van der Waals surface area contributed by atoms with Crippen LogP contribution in [0.4, 0.5) is 17.1 Å².